The Morgan fingerprint density at radius 1 is 1.18 bits per heavy atom. The molecule has 6 nitrogen and oxygen atoms in total. The molecule has 2 aliphatic heterocycles. The maximum atomic E-state index is 12.7. The van der Waals surface area contributed by atoms with Gasteiger partial charge in [0.25, 0.3) is 0 Å². The van der Waals surface area contributed by atoms with Gasteiger partial charge in [0.15, 0.2) is 0 Å². The van der Waals surface area contributed by atoms with Crippen molar-refractivity contribution in [1.29, 1.82) is 0 Å². The molecule has 146 valence electrons. The van der Waals surface area contributed by atoms with Crippen LogP contribution in [-0.4, -0.2) is 43.7 Å². The molecule has 2 aromatic rings. The minimum Gasteiger partial charge on any atom is -0.375 e. The van der Waals surface area contributed by atoms with Crippen LogP contribution in [0, 0.1) is 0 Å². The Morgan fingerprint density at radius 3 is 2.75 bits per heavy atom. The van der Waals surface area contributed by atoms with Gasteiger partial charge in [0.2, 0.25) is 11.8 Å². The molecular formula is C22H25N3O3. The zero-order valence-corrected chi connectivity index (χ0v) is 16.0. The summed E-state index contributed by atoms with van der Waals surface area (Å²) in [4.78, 5) is 27.0. The predicted molar refractivity (Wildman–Crippen MR) is 108 cm³/mol. The fourth-order valence-electron chi connectivity index (χ4n) is 3.82. The largest absolute Gasteiger partial charge is 0.375 e. The summed E-state index contributed by atoms with van der Waals surface area (Å²) in [5.41, 5.74) is 3.89. The van der Waals surface area contributed by atoms with Crippen LogP contribution < -0.4 is 15.5 Å². The van der Waals surface area contributed by atoms with Gasteiger partial charge < -0.3 is 20.3 Å². The van der Waals surface area contributed by atoms with Crippen molar-refractivity contribution in [2.24, 2.45) is 0 Å². The summed E-state index contributed by atoms with van der Waals surface area (Å²) >= 11 is 0. The topological polar surface area (TPSA) is 70.7 Å². The summed E-state index contributed by atoms with van der Waals surface area (Å²) in [5.74, 6) is -0.0104. The van der Waals surface area contributed by atoms with E-state index in [0.717, 1.165) is 24.2 Å². The van der Waals surface area contributed by atoms with Gasteiger partial charge in [0.1, 0.15) is 6.04 Å². The van der Waals surface area contributed by atoms with Gasteiger partial charge in [-0.15, -0.1) is 0 Å². The van der Waals surface area contributed by atoms with Gasteiger partial charge in [-0.2, -0.15) is 0 Å². The van der Waals surface area contributed by atoms with Crippen molar-refractivity contribution < 1.29 is 14.3 Å². The second-order valence-corrected chi connectivity index (χ2v) is 7.29. The Morgan fingerprint density at radius 2 is 1.96 bits per heavy atom. The van der Waals surface area contributed by atoms with Gasteiger partial charge in [0.05, 0.1) is 19.1 Å². The first-order valence-corrected chi connectivity index (χ1v) is 9.75. The highest BCUT2D eigenvalue weighted by atomic mass is 16.5. The second-order valence-electron chi connectivity index (χ2n) is 7.29. The molecule has 0 saturated carbocycles. The highest BCUT2D eigenvalue weighted by molar-refractivity contribution is 5.97. The van der Waals surface area contributed by atoms with Gasteiger partial charge >= 0.3 is 0 Å². The van der Waals surface area contributed by atoms with Crippen LogP contribution in [0.25, 0.3) is 0 Å². The molecule has 0 spiro atoms. The van der Waals surface area contributed by atoms with Crippen LogP contribution in [-0.2, 0) is 27.2 Å². The van der Waals surface area contributed by atoms with E-state index < -0.39 is 0 Å². The van der Waals surface area contributed by atoms with E-state index in [9.17, 15) is 9.59 Å². The minimum atomic E-state index is -0.356. The minimum absolute atomic E-state index is 0.0964. The number of nitrogens with zero attached hydrogens (tertiary/aromatic N) is 1. The summed E-state index contributed by atoms with van der Waals surface area (Å²) in [5, 5.41) is 6.09. The zero-order valence-electron chi connectivity index (χ0n) is 16.0. The van der Waals surface area contributed by atoms with Gasteiger partial charge in [-0.25, -0.2) is 0 Å². The third-order valence-electron chi connectivity index (χ3n) is 5.36. The van der Waals surface area contributed by atoms with E-state index >= 15 is 0 Å². The lowest BCUT2D eigenvalue weighted by Crippen LogP contribution is -2.53. The molecule has 2 amide bonds. The molecule has 4 rings (SSSR count). The number of benzene rings is 2. The van der Waals surface area contributed by atoms with E-state index in [0.29, 0.717) is 25.3 Å². The molecule has 2 aliphatic rings. The SMILES string of the molecule is C[C@H]1OCCN[C@@H]1C(=O)Nc1ccc(CC(=O)N2CCc3ccccc32)cc1. The van der Waals surface area contributed by atoms with Crippen molar-refractivity contribution in [2.75, 3.05) is 29.9 Å². The van der Waals surface area contributed by atoms with Crippen LogP contribution in [0.1, 0.15) is 18.1 Å². The van der Waals surface area contributed by atoms with E-state index in [2.05, 4.69) is 16.7 Å². The number of hydrogen-bond acceptors (Lipinski definition) is 4. The van der Waals surface area contributed by atoms with Gasteiger partial charge in [-0.05, 0) is 42.7 Å². The molecule has 0 bridgehead atoms. The lowest BCUT2D eigenvalue weighted by Gasteiger charge is -2.29. The molecule has 6 heteroatoms. The highest BCUT2D eigenvalue weighted by Gasteiger charge is 2.28. The van der Waals surface area contributed by atoms with Crippen LogP contribution in [0.2, 0.25) is 0 Å². The highest BCUT2D eigenvalue weighted by Crippen LogP contribution is 2.28. The Bertz CT molecular complexity index is 866. The van der Waals surface area contributed by atoms with E-state index in [1.165, 1.54) is 5.56 Å². The molecule has 0 unspecified atom stereocenters. The van der Waals surface area contributed by atoms with Gasteiger partial charge in [-0.3, -0.25) is 9.59 Å². The van der Waals surface area contributed by atoms with Crippen molar-refractivity contribution in [3.8, 4) is 0 Å². The monoisotopic (exact) mass is 379 g/mol. The van der Waals surface area contributed by atoms with Crippen molar-refractivity contribution in [1.82, 2.24) is 5.32 Å². The number of carbonyl (C=O) groups is 2. The van der Waals surface area contributed by atoms with Crippen molar-refractivity contribution in [3.63, 3.8) is 0 Å². The molecule has 2 N–H and O–H groups in total. The predicted octanol–water partition coefficient (Wildman–Crippen LogP) is 2.13. The molecule has 28 heavy (non-hydrogen) atoms. The number of nitrogens with one attached hydrogen (secondary N) is 2. The number of ether oxygens (including phenoxy) is 1. The lowest BCUT2D eigenvalue weighted by atomic mass is 10.1. The molecule has 2 heterocycles. The number of morpholine rings is 1. The maximum absolute atomic E-state index is 12.7. The number of anilines is 2. The summed E-state index contributed by atoms with van der Waals surface area (Å²) in [7, 11) is 0. The summed E-state index contributed by atoms with van der Waals surface area (Å²) in [6, 6.07) is 15.2. The smallest absolute Gasteiger partial charge is 0.244 e. The average molecular weight is 379 g/mol. The van der Waals surface area contributed by atoms with Crippen LogP contribution >= 0.6 is 0 Å². The molecule has 2 atom stereocenters. The first-order valence-electron chi connectivity index (χ1n) is 9.75. The first-order chi connectivity index (χ1) is 13.6. The number of amides is 2. The molecule has 0 aromatic heterocycles. The average Bonchev–Trinajstić information content (AvgIpc) is 3.14. The normalized spacial score (nSPS) is 21.2. The molecule has 2 aromatic carbocycles. The maximum Gasteiger partial charge on any atom is 0.244 e. The van der Waals surface area contributed by atoms with Crippen molar-refractivity contribution in [3.05, 3.63) is 59.7 Å². The van der Waals surface area contributed by atoms with Crippen LogP contribution in [0.15, 0.2) is 48.5 Å². The van der Waals surface area contributed by atoms with E-state index in [4.69, 9.17) is 4.74 Å². The summed E-state index contributed by atoms with van der Waals surface area (Å²) in [6.45, 7) is 3.92. The number of hydrogen-bond donors (Lipinski definition) is 2. The third-order valence-corrected chi connectivity index (χ3v) is 5.36. The molecule has 0 aliphatic carbocycles. The number of rotatable bonds is 4. The third kappa shape index (κ3) is 3.93. The number of para-hydroxylation sites is 1. The van der Waals surface area contributed by atoms with E-state index in [-0.39, 0.29) is 24.0 Å². The Hall–Kier alpha value is -2.70. The first kappa shape index (κ1) is 18.7. The summed E-state index contributed by atoms with van der Waals surface area (Å²) in [6.07, 6.45) is 1.09. The Kier molecular flexibility index (Phi) is 5.41. The van der Waals surface area contributed by atoms with Crippen LogP contribution in [0.5, 0.6) is 0 Å². The van der Waals surface area contributed by atoms with E-state index in [1.807, 2.05) is 54.3 Å². The molecule has 1 saturated heterocycles. The van der Waals surface area contributed by atoms with Gasteiger partial charge in [0, 0.05) is 24.5 Å². The number of carbonyl (C=O) groups excluding carboxylic acids is 2. The van der Waals surface area contributed by atoms with Crippen molar-refractivity contribution in [2.45, 2.75) is 31.9 Å². The van der Waals surface area contributed by atoms with Crippen LogP contribution in [0.4, 0.5) is 11.4 Å². The van der Waals surface area contributed by atoms with E-state index in [1.54, 1.807) is 0 Å². The Balaban J connectivity index is 1.36. The molecule has 0 radical (unpaired) electrons. The summed E-state index contributed by atoms with van der Waals surface area (Å²) < 4.78 is 5.52. The van der Waals surface area contributed by atoms with Crippen LogP contribution in [0.3, 0.4) is 0 Å². The molecule has 1 fully saturated rings. The van der Waals surface area contributed by atoms with Gasteiger partial charge in [-0.1, -0.05) is 30.3 Å². The fourth-order valence-corrected chi connectivity index (χ4v) is 3.82. The lowest BCUT2D eigenvalue weighted by molar-refractivity contribution is -0.123. The fraction of sp³-hybridized carbons (Fsp3) is 0.364. The molecular weight excluding hydrogens is 354 g/mol. The standard InChI is InChI=1S/C22H25N3O3/c1-15-21(23-11-13-28-15)22(27)24-18-8-6-16(7-9-18)14-20(26)25-12-10-17-4-2-3-5-19(17)25/h2-9,15,21,23H,10-14H2,1H3,(H,24,27)/t15-,21+/m1/s1. The zero-order chi connectivity index (χ0) is 19.5. The Labute approximate surface area is 164 Å². The quantitative estimate of drug-likeness (QED) is 0.854. The second kappa shape index (κ2) is 8.12. The van der Waals surface area contributed by atoms with Crippen molar-refractivity contribution >= 4 is 23.2 Å². The number of fused-ring (bicyclic) bond motifs is 1.